The molecule has 0 atom stereocenters. The van der Waals surface area contributed by atoms with Gasteiger partial charge >= 0.3 is 23.9 Å². The van der Waals surface area contributed by atoms with Gasteiger partial charge in [-0.1, -0.05) is 212 Å². The first-order chi connectivity index (χ1) is 49.1. The Hall–Kier alpha value is -7.24. The number of aliphatic hydroxyl groups excluding tert-OH is 4. The van der Waals surface area contributed by atoms with Crippen LogP contribution in [0.15, 0.2) is 103 Å². The molecule has 4 aromatic carbocycles. The zero-order valence-corrected chi connectivity index (χ0v) is 62.3. The van der Waals surface area contributed by atoms with Crippen LogP contribution in [-0.4, -0.2) is 124 Å². The summed E-state index contributed by atoms with van der Waals surface area (Å²) in [4.78, 5) is 50.7. The molecule has 0 spiro atoms. The van der Waals surface area contributed by atoms with E-state index in [9.17, 15) is 39.6 Å². The summed E-state index contributed by atoms with van der Waals surface area (Å²) in [6, 6.07) is 19.6. The van der Waals surface area contributed by atoms with Crippen molar-refractivity contribution < 1.29 is 77.5 Å². The van der Waals surface area contributed by atoms with Gasteiger partial charge in [0.15, 0.2) is 0 Å². The molecule has 4 aromatic rings. The van der Waals surface area contributed by atoms with Crippen LogP contribution >= 0.6 is 0 Å². The average Bonchev–Trinajstić information content (AvgIpc) is 0.790. The number of carbonyl (C=O) groups excluding carboxylic acids is 4. The summed E-state index contributed by atoms with van der Waals surface area (Å²) in [5.74, 6) is 0.614. The summed E-state index contributed by atoms with van der Waals surface area (Å²) in [6.45, 7) is 26.2. The van der Waals surface area contributed by atoms with E-state index in [2.05, 4.69) is 109 Å². The minimum atomic E-state index is -0.645. The van der Waals surface area contributed by atoms with Gasteiger partial charge in [-0.3, -0.25) is 0 Å². The lowest BCUT2D eigenvalue weighted by Crippen LogP contribution is -2.12. The summed E-state index contributed by atoms with van der Waals surface area (Å²) in [5.41, 5.74) is 10.9. The van der Waals surface area contributed by atoms with E-state index in [0.29, 0.717) is 103 Å². The van der Waals surface area contributed by atoms with E-state index in [-0.39, 0.29) is 48.7 Å². The van der Waals surface area contributed by atoms with Gasteiger partial charge in [0.2, 0.25) is 0 Å². The lowest BCUT2D eigenvalue weighted by atomic mass is 9.89. The molecule has 0 aliphatic carbocycles. The molecule has 0 heterocycles. The summed E-state index contributed by atoms with van der Waals surface area (Å²) >= 11 is 0. The SMILES string of the molecule is C=C(CO)C(=O)OCCCc1ccc(OCCCCCCC)c(Cc2cc(CCCOC(=O)C(=C)CO)cc(Cc3cc(CCCOC(=O)C(=C)CO)cc(Cc4cc(CCCOC(=O)C(=C)CO)cc(CC)c4OCCCCCCC)c3OCCCCCCC)c2OCCCCCCC)c1. The molecule has 4 rings (SSSR count). The largest absolute Gasteiger partial charge is 0.493 e. The highest BCUT2D eigenvalue weighted by molar-refractivity contribution is 5.89. The Morgan fingerprint density at radius 3 is 0.851 bits per heavy atom. The zero-order valence-electron chi connectivity index (χ0n) is 62.3. The van der Waals surface area contributed by atoms with Crippen LogP contribution in [0.25, 0.3) is 0 Å². The molecule has 0 aliphatic rings. The van der Waals surface area contributed by atoms with Gasteiger partial charge in [-0.05, 0) is 151 Å². The second-order valence-corrected chi connectivity index (χ2v) is 26.6. The maximum Gasteiger partial charge on any atom is 0.335 e. The summed E-state index contributed by atoms with van der Waals surface area (Å²) in [6.07, 6.45) is 27.5. The van der Waals surface area contributed by atoms with Crippen molar-refractivity contribution in [2.75, 3.05) is 79.3 Å². The first-order valence-corrected chi connectivity index (χ1v) is 38.0. The van der Waals surface area contributed by atoms with Gasteiger partial charge in [0.25, 0.3) is 0 Å². The predicted molar refractivity (Wildman–Crippen MR) is 403 cm³/mol. The summed E-state index contributed by atoms with van der Waals surface area (Å²) in [5, 5.41) is 38.4. The van der Waals surface area contributed by atoms with E-state index in [1.165, 1.54) is 12.8 Å². The van der Waals surface area contributed by atoms with Crippen molar-refractivity contribution in [1.82, 2.24) is 0 Å². The predicted octanol–water partition coefficient (Wildman–Crippen LogP) is 16.5. The van der Waals surface area contributed by atoms with Gasteiger partial charge in [0.1, 0.15) is 23.0 Å². The molecule has 0 saturated carbocycles. The highest BCUT2D eigenvalue weighted by Crippen LogP contribution is 2.40. The molecule has 560 valence electrons. The Balaban J connectivity index is 2.09. The van der Waals surface area contributed by atoms with Crippen LogP contribution in [0.3, 0.4) is 0 Å². The second kappa shape index (κ2) is 51.8. The Labute approximate surface area is 605 Å². The quantitative estimate of drug-likeness (QED) is 0.0140. The maximum absolute atomic E-state index is 12.8. The minimum absolute atomic E-state index is 0.00343. The van der Waals surface area contributed by atoms with E-state index in [0.717, 1.165) is 200 Å². The first kappa shape index (κ1) is 86.2. The highest BCUT2D eigenvalue weighted by Gasteiger charge is 2.24. The fourth-order valence-corrected chi connectivity index (χ4v) is 12.0. The van der Waals surface area contributed by atoms with Crippen LogP contribution in [0.5, 0.6) is 23.0 Å². The number of benzene rings is 4. The Kier molecular flexibility index (Phi) is 44.2. The second-order valence-electron chi connectivity index (χ2n) is 26.6. The third-order valence-electron chi connectivity index (χ3n) is 17.8. The Morgan fingerprint density at radius 2 is 0.554 bits per heavy atom. The van der Waals surface area contributed by atoms with Gasteiger partial charge in [-0.2, -0.15) is 0 Å². The smallest absolute Gasteiger partial charge is 0.335 e. The van der Waals surface area contributed by atoms with Crippen molar-refractivity contribution in [2.45, 2.75) is 240 Å². The lowest BCUT2D eigenvalue weighted by molar-refractivity contribution is -0.140. The Morgan fingerprint density at radius 1 is 0.297 bits per heavy atom. The summed E-state index contributed by atoms with van der Waals surface area (Å²) in [7, 11) is 0. The van der Waals surface area contributed by atoms with E-state index in [1.807, 2.05) is 6.07 Å². The highest BCUT2D eigenvalue weighted by atomic mass is 16.5. The van der Waals surface area contributed by atoms with Crippen molar-refractivity contribution in [2.24, 2.45) is 0 Å². The first-order valence-electron chi connectivity index (χ1n) is 38.0. The van der Waals surface area contributed by atoms with Crippen LogP contribution in [0.4, 0.5) is 0 Å². The monoisotopic (exact) mass is 1400 g/mol. The van der Waals surface area contributed by atoms with E-state index in [4.69, 9.17) is 37.9 Å². The third kappa shape index (κ3) is 33.2. The minimum Gasteiger partial charge on any atom is -0.493 e. The number of carbonyl (C=O) groups is 4. The molecule has 0 aliphatic heterocycles. The number of ether oxygens (including phenoxy) is 8. The molecule has 0 bridgehead atoms. The standard InChI is InChI=1S/C85H124O16/c1-10-15-19-23-27-41-94-78-40-39-67(35-31-45-98-82(90)63(6)59-86)49-72(78)56-73-52-69(37-33-47-100-84(92)65(8)61-88)53-76(80(73)96-43-29-25-21-17-12-3)58-77-55-70(38-34-48-101-85(93)66(9)62-89)54-75(81(77)97-44-30-26-22-18-13-4)57-74-51-68(36-32-46-99-83(91)64(7)60-87)50-71(14-5)79(74)95-42-28-24-20-16-11-2/h39-40,49-55,86-89H,6-38,41-48,56-62H2,1-5H3. The van der Waals surface area contributed by atoms with Crippen LogP contribution in [0.1, 0.15) is 250 Å². The molecule has 16 nitrogen and oxygen atoms in total. The van der Waals surface area contributed by atoms with Gasteiger partial charge in [0, 0.05) is 19.3 Å². The van der Waals surface area contributed by atoms with Gasteiger partial charge in [0.05, 0.1) is 102 Å². The molecule has 16 heteroatoms. The molecule has 0 unspecified atom stereocenters. The van der Waals surface area contributed by atoms with Gasteiger partial charge in [-0.15, -0.1) is 0 Å². The Bertz CT molecular complexity index is 3160. The van der Waals surface area contributed by atoms with Crippen molar-refractivity contribution in [3.63, 3.8) is 0 Å². The number of hydrogen-bond donors (Lipinski definition) is 4. The van der Waals surface area contributed by atoms with E-state index >= 15 is 0 Å². The van der Waals surface area contributed by atoms with E-state index < -0.39 is 50.3 Å². The lowest BCUT2D eigenvalue weighted by Gasteiger charge is -2.23. The normalized spacial score (nSPS) is 11.1. The van der Waals surface area contributed by atoms with Crippen molar-refractivity contribution in [3.8, 4) is 23.0 Å². The number of aryl methyl sites for hydroxylation is 5. The molecule has 101 heavy (non-hydrogen) atoms. The fraction of sp³-hybridized carbons (Fsp3) is 0.576. The molecular weight excluding hydrogens is 1280 g/mol. The number of hydrogen-bond acceptors (Lipinski definition) is 16. The number of rotatable bonds is 59. The van der Waals surface area contributed by atoms with Crippen LogP contribution in [0, 0.1) is 0 Å². The molecule has 0 fully saturated rings. The van der Waals surface area contributed by atoms with E-state index in [1.54, 1.807) is 0 Å². The molecule has 0 radical (unpaired) electrons. The molecular formula is C85H124O16. The number of aliphatic hydroxyl groups is 4. The van der Waals surface area contributed by atoms with Crippen LogP contribution in [-0.2, 0) is 89.5 Å². The third-order valence-corrected chi connectivity index (χ3v) is 17.8. The average molecular weight is 1400 g/mol. The number of unbranched alkanes of at least 4 members (excludes halogenated alkanes) is 16. The van der Waals surface area contributed by atoms with Crippen LogP contribution in [0.2, 0.25) is 0 Å². The molecule has 0 amide bonds. The molecule has 0 saturated heterocycles. The topological polar surface area (TPSA) is 223 Å². The maximum atomic E-state index is 12.8. The van der Waals surface area contributed by atoms with Crippen molar-refractivity contribution >= 4 is 23.9 Å². The molecule has 0 aromatic heterocycles. The summed E-state index contributed by atoms with van der Waals surface area (Å²) < 4.78 is 50.4. The van der Waals surface area contributed by atoms with Crippen LogP contribution < -0.4 is 18.9 Å². The number of esters is 4. The zero-order chi connectivity index (χ0) is 73.4. The fourth-order valence-electron chi connectivity index (χ4n) is 12.0. The van der Waals surface area contributed by atoms with Crippen molar-refractivity contribution in [3.05, 3.63) is 164 Å². The van der Waals surface area contributed by atoms with Crippen molar-refractivity contribution in [1.29, 1.82) is 0 Å². The molecule has 4 N–H and O–H groups in total. The van der Waals surface area contributed by atoms with Gasteiger partial charge < -0.3 is 58.3 Å². The van der Waals surface area contributed by atoms with Gasteiger partial charge in [-0.25, -0.2) is 19.2 Å².